The number of halogens is 2. The maximum atomic E-state index is 12.0. The zero-order valence-corrected chi connectivity index (χ0v) is 9.66. The largest absolute Gasteiger partial charge is 0.488 e. The molecule has 2 rings (SSSR count). The summed E-state index contributed by atoms with van der Waals surface area (Å²) in [5, 5.41) is 3.32. The minimum Gasteiger partial charge on any atom is -0.488 e. The molecule has 0 saturated carbocycles. The van der Waals surface area contributed by atoms with Crippen molar-refractivity contribution in [3.05, 3.63) is 29.8 Å². The second kappa shape index (κ2) is 5.96. The molecule has 2 nitrogen and oxygen atoms in total. The Morgan fingerprint density at radius 2 is 1.82 bits per heavy atom. The van der Waals surface area contributed by atoms with Gasteiger partial charge in [-0.05, 0) is 49.5 Å². The summed E-state index contributed by atoms with van der Waals surface area (Å²) in [4.78, 5) is 0. The van der Waals surface area contributed by atoms with Gasteiger partial charge in [-0.15, -0.1) is 0 Å². The topological polar surface area (TPSA) is 21.3 Å². The van der Waals surface area contributed by atoms with Gasteiger partial charge in [0.1, 0.15) is 12.4 Å². The van der Waals surface area contributed by atoms with Crippen molar-refractivity contribution >= 4 is 0 Å². The van der Waals surface area contributed by atoms with Crippen LogP contribution in [0, 0.1) is 0 Å². The smallest absolute Gasteiger partial charge is 0.272 e. The molecular weight excluding hydrogens is 224 g/mol. The van der Waals surface area contributed by atoms with Crippen LogP contribution in [0.4, 0.5) is 8.78 Å². The average Bonchev–Trinajstić information content (AvgIpc) is 2.38. The Kier molecular flexibility index (Phi) is 4.31. The Morgan fingerprint density at radius 1 is 1.18 bits per heavy atom. The van der Waals surface area contributed by atoms with Crippen LogP contribution in [0.15, 0.2) is 24.3 Å². The molecule has 4 heteroatoms. The van der Waals surface area contributed by atoms with Gasteiger partial charge in [0.05, 0.1) is 0 Å². The maximum absolute atomic E-state index is 12.0. The fourth-order valence-electron chi connectivity index (χ4n) is 2.15. The lowest BCUT2D eigenvalue weighted by Gasteiger charge is -2.23. The highest BCUT2D eigenvalue weighted by Gasteiger charge is 2.14. The third-order valence-corrected chi connectivity index (χ3v) is 3.07. The second-order valence-corrected chi connectivity index (χ2v) is 4.30. The van der Waals surface area contributed by atoms with Gasteiger partial charge in [0.25, 0.3) is 6.43 Å². The van der Waals surface area contributed by atoms with Crippen molar-refractivity contribution in [1.29, 1.82) is 0 Å². The second-order valence-electron chi connectivity index (χ2n) is 4.30. The molecule has 17 heavy (non-hydrogen) atoms. The summed E-state index contributed by atoms with van der Waals surface area (Å²) in [5.74, 6) is 1.10. The summed E-state index contributed by atoms with van der Waals surface area (Å²) in [7, 11) is 0. The van der Waals surface area contributed by atoms with Crippen molar-refractivity contribution in [1.82, 2.24) is 5.32 Å². The van der Waals surface area contributed by atoms with Crippen molar-refractivity contribution in [2.45, 2.75) is 25.2 Å². The molecule has 0 radical (unpaired) electrons. The van der Waals surface area contributed by atoms with E-state index >= 15 is 0 Å². The Bertz CT molecular complexity index is 334. The van der Waals surface area contributed by atoms with E-state index in [-0.39, 0.29) is 0 Å². The highest BCUT2D eigenvalue weighted by Crippen LogP contribution is 2.26. The number of nitrogens with one attached hydrogen (secondary N) is 1. The van der Waals surface area contributed by atoms with E-state index in [2.05, 4.69) is 5.32 Å². The minimum absolute atomic E-state index is 0.517. The molecule has 1 fully saturated rings. The van der Waals surface area contributed by atoms with Crippen molar-refractivity contribution in [3.8, 4) is 5.75 Å². The van der Waals surface area contributed by atoms with Crippen LogP contribution in [0.3, 0.4) is 0 Å². The van der Waals surface area contributed by atoms with Crippen molar-refractivity contribution in [2.75, 3.05) is 19.7 Å². The SMILES string of the molecule is FC(F)COc1ccc(C2CCNCC2)cc1. The number of benzene rings is 1. The summed E-state index contributed by atoms with van der Waals surface area (Å²) >= 11 is 0. The summed E-state index contributed by atoms with van der Waals surface area (Å²) < 4.78 is 28.9. The van der Waals surface area contributed by atoms with E-state index in [4.69, 9.17) is 4.74 Å². The highest BCUT2D eigenvalue weighted by molar-refractivity contribution is 5.29. The summed E-state index contributed by atoms with van der Waals surface area (Å²) in [6.45, 7) is 1.56. The number of hydrogen-bond donors (Lipinski definition) is 1. The average molecular weight is 241 g/mol. The molecule has 0 spiro atoms. The molecule has 0 amide bonds. The van der Waals surface area contributed by atoms with E-state index in [9.17, 15) is 8.78 Å². The van der Waals surface area contributed by atoms with Gasteiger partial charge in [0.15, 0.2) is 0 Å². The van der Waals surface area contributed by atoms with E-state index in [1.807, 2.05) is 12.1 Å². The molecule has 0 bridgehead atoms. The van der Waals surface area contributed by atoms with E-state index in [0.717, 1.165) is 25.9 Å². The molecule has 1 aromatic rings. The number of hydrogen-bond acceptors (Lipinski definition) is 2. The standard InChI is InChI=1S/C13H17F2NO/c14-13(15)9-17-12-3-1-10(2-4-12)11-5-7-16-8-6-11/h1-4,11,13,16H,5-9H2. The molecule has 0 aliphatic carbocycles. The van der Waals surface area contributed by atoms with Crippen LogP contribution in [0.1, 0.15) is 24.3 Å². The molecule has 1 aliphatic rings. The predicted octanol–water partition coefficient (Wildman–Crippen LogP) is 2.80. The number of piperidine rings is 1. The first-order chi connectivity index (χ1) is 8.25. The first-order valence-electron chi connectivity index (χ1n) is 5.97. The fourth-order valence-corrected chi connectivity index (χ4v) is 2.15. The lowest BCUT2D eigenvalue weighted by atomic mass is 9.90. The van der Waals surface area contributed by atoms with Gasteiger partial charge < -0.3 is 10.1 Å². The first kappa shape index (κ1) is 12.3. The molecule has 0 atom stereocenters. The molecule has 1 N–H and O–H groups in total. The first-order valence-corrected chi connectivity index (χ1v) is 5.97. The summed E-state index contributed by atoms with van der Waals surface area (Å²) in [6.07, 6.45) is -0.145. The lowest BCUT2D eigenvalue weighted by Crippen LogP contribution is -2.26. The third-order valence-electron chi connectivity index (χ3n) is 3.07. The molecule has 1 heterocycles. The molecular formula is C13H17F2NO. The van der Waals surface area contributed by atoms with Gasteiger partial charge in [-0.3, -0.25) is 0 Å². The van der Waals surface area contributed by atoms with Crippen LogP contribution >= 0.6 is 0 Å². The summed E-state index contributed by atoms with van der Waals surface area (Å²) in [5.41, 5.74) is 1.27. The monoisotopic (exact) mass is 241 g/mol. The van der Waals surface area contributed by atoms with Crippen LogP contribution in [0.5, 0.6) is 5.75 Å². The van der Waals surface area contributed by atoms with Gasteiger partial charge in [0, 0.05) is 0 Å². The van der Waals surface area contributed by atoms with Gasteiger partial charge in [-0.2, -0.15) is 0 Å². The van der Waals surface area contributed by atoms with Crippen molar-refractivity contribution < 1.29 is 13.5 Å². The van der Waals surface area contributed by atoms with E-state index in [1.165, 1.54) is 5.56 Å². The van der Waals surface area contributed by atoms with E-state index < -0.39 is 13.0 Å². The quantitative estimate of drug-likeness (QED) is 0.875. The third kappa shape index (κ3) is 3.66. The van der Waals surface area contributed by atoms with E-state index in [0.29, 0.717) is 11.7 Å². The molecule has 94 valence electrons. The Morgan fingerprint density at radius 3 is 2.41 bits per heavy atom. The highest BCUT2D eigenvalue weighted by atomic mass is 19.3. The summed E-state index contributed by atoms with van der Waals surface area (Å²) in [6, 6.07) is 7.52. The molecule has 0 unspecified atom stereocenters. The van der Waals surface area contributed by atoms with Gasteiger partial charge in [-0.25, -0.2) is 8.78 Å². The van der Waals surface area contributed by atoms with Crippen LogP contribution < -0.4 is 10.1 Å². The normalized spacial score (nSPS) is 17.4. The predicted molar refractivity (Wildman–Crippen MR) is 62.8 cm³/mol. The Labute approximate surface area is 100.0 Å². The van der Waals surface area contributed by atoms with Crippen molar-refractivity contribution in [2.24, 2.45) is 0 Å². The van der Waals surface area contributed by atoms with Gasteiger partial charge >= 0.3 is 0 Å². The van der Waals surface area contributed by atoms with Crippen LogP contribution in [0.25, 0.3) is 0 Å². The Balaban J connectivity index is 1.92. The fraction of sp³-hybridized carbons (Fsp3) is 0.538. The molecule has 1 aliphatic heterocycles. The number of ether oxygens (including phenoxy) is 1. The zero-order valence-electron chi connectivity index (χ0n) is 9.66. The van der Waals surface area contributed by atoms with E-state index in [1.54, 1.807) is 12.1 Å². The maximum Gasteiger partial charge on any atom is 0.272 e. The minimum atomic E-state index is -2.42. The van der Waals surface area contributed by atoms with Crippen molar-refractivity contribution in [3.63, 3.8) is 0 Å². The molecule has 1 saturated heterocycles. The van der Waals surface area contributed by atoms with Crippen LogP contribution in [-0.2, 0) is 0 Å². The van der Waals surface area contributed by atoms with Crippen LogP contribution in [-0.4, -0.2) is 26.1 Å². The van der Waals surface area contributed by atoms with Gasteiger partial charge in [-0.1, -0.05) is 12.1 Å². The zero-order chi connectivity index (χ0) is 12.1. The Hall–Kier alpha value is -1.16. The lowest BCUT2D eigenvalue weighted by molar-refractivity contribution is 0.0819. The van der Waals surface area contributed by atoms with Gasteiger partial charge in [0.2, 0.25) is 0 Å². The molecule has 1 aromatic carbocycles. The number of alkyl halides is 2. The molecule has 0 aromatic heterocycles. The van der Waals surface area contributed by atoms with Crippen LogP contribution in [0.2, 0.25) is 0 Å². The number of rotatable bonds is 4.